The molecule has 94 valence electrons. The minimum Gasteiger partial charge on any atom is -0.372 e. The van der Waals surface area contributed by atoms with E-state index in [0.717, 1.165) is 6.54 Å². The van der Waals surface area contributed by atoms with Crippen molar-refractivity contribution >= 4 is 0 Å². The van der Waals surface area contributed by atoms with Gasteiger partial charge in [-0.25, -0.2) is 0 Å². The van der Waals surface area contributed by atoms with Crippen LogP contribution < -0.4 is 5.32 Å². The van der Waals surface area contributed by atoms with Gasteiger partial charge in [0.05, 0.1) is 11.7 Å². The molecule has 2 nitrogen and oxygen atoms in total. The first-order valence-corrected chi connectivity index (χ1v) is 7.23. The smallest absolute Gasteiger partial charge is 0.0687 e. The highest BCUT2D eigenvalue weighted by Gasteiger charge is 2.41. The molecule has 2 fully saturated rings. The van der Waals surface area contributed by atoms with E-state index >= 15 is 0 Å². The molecule has 1 atom stereocenters. The van der Waals surface area contributed by atoms with Crippen LogP contribution in [0.15, 0.2) is 0 Å². The second-order valence-electron chi connectivity index (χ2n) is 5.52. The Morgan fingerprint density at radius 2 is 2.00 bits per heavy atom. The first-order valence-electron chi connectivity index (χ1n) is 7.23. The van der Waals surface area contributed by atoms with Gasteiger partial charge in [-0.15, -0.1) is 0 Å². The number of nitrogens with one attached hydrogen (secondary N) is 1. The Hall–Kier alpha value is -0.0800. The van der Waals surface area contributed by atoms with E-state index in [0.29, 0.717) is 11.7 Å². The molecule has 1 spiro atoms. The molecule has 0 aromatic carbocycles. The predicted octanol–water partition coefficient (Wildman–Crippen LogP) is 3.26. The van der Waals surface area contributed by atoms with Crippen molar-refractivity contribution in [2.45, 2.75) is 76.4 Å². The van der Waals surface area contributed by atoms with Gasteiger partial charge in [-0.3, -0.25) is 0 Å². The van der Waals surface area contributed by atoms with Gasteiger partial charge >= 0.3 is 0 Å². The highest BCUT2D eigenvalue weighted by Crippen LogP contribution is 2.44. The molecule has 2 rings (SSSR count). The van der Waals surface area contributed by atoms with E-state index in [1.54, 1.807) is 0 Å². The normalized spacial score (nSPS) is 27.9. The molecule has 1 N–H and O–H groups in total. The topological polar surface area (TPSA) is 21.3 Å². The Labute approximate surface area is 100 Å². The van der Waals surface area contributed by atoms with E-state index in [9.17, 15) is 0 Å². The molecular weight excluding hydrogens is 198 g/mol. The van der Waals surface area contributed by atoms with Gasteiger partial charge in [0, 0.05) is 0 Å². The van der Waals surface area contributed by atoms with Crippen molar-refractivity contribution in [1.29, 1.82) is 0 Å². The molecule has 0 bridgehead atoms. The van der Waals surface area contributed by atoms with Crippen LogP contribution in [-0.4, -0.2) is 24.8 Å². The summed E-state index contributed by atoms with van der Waals surface area (Å²) in [7, 11) is 0. The lowest BCUT2D eigenvalue weighted by molar-refractivity contribution is -0.0394. The van der Waals surface area contributed by atoms with Crippen LogP contribution >= 0.6 is 0 Å². The fraction of sp³-hybridized carbons (Fsp3) is 1.00. The van der Waals surface area contributed by atoms with E-state index < -0.39 is 0 Å². The van der Waals surface area contributed by atoms with Crippen LogP contribution in [0.4, 0.5) is 0 Å². The Balaban J connectivity index is 1.58. The van der Waals surface area contributed by atoms with Crippen molar-refractivity contribution in [2.75, 3.05) is 13.1 Å². The van der Waals surface area contributed by atoms with Crippen LogP contribution in [0.25, 0.3) is 0 Å². The second kappa shape index (κ2) is 6.02. The molecule has 1 unspecified atom stereocenters. The number of hydrogen-bond donors (Lipinski definition) is 1. The SMILES string of the molecule is CCNCCCCC1CCC2(CCCC2)O1. The number of hydrogen-bond acceptors (Lipinski definition) is 2. The molecule has 0 amide bonds. The van der Waals surface area contributed by atoms with Gasteiger partial charge in [0.15, 0.2) is 0 Å². The standard InChI is InChI=1S/C14H27NO/c1-2-15-12-6-3-7-13-8-11-14(16-13)9-4-5-10-14/h13,15H,2-12H2,1H3. The van der Waals surface area contributed by atoms with Gasteiger partial charge in [0.2, 0.25) is 0 Å². The van der Waals surface area contributed by atoms with E-state index in [4.69, 9.17) is 4.74 Å². The van der Waals surface area contributed by atoms with Crippen LogP contribution in [-0.2, 0) is 4.74 Å². The minimum atomic E-state index is 0.340. The summed E-state index contributed by atoms with van der Waals surface area (Å²) >= 11 is 0. The lowest BCUT2D eigenvalue weighted by Gasteiger charge is -2.23. The van der Waals surface area contributed by atoms with Crippen LogP contribution in [0.5, 0.6) is 0 Å². The van der Waals surface area contributed by atoms with Gasteiger partial charge < -0.3 is 10.1 Å². The molecule has 0 aromatic rings. The third-order valence-electron chi connectivity index (χ3n) is 4.23. The minimum absolute atomic E-state index is 0.340. The van der Waals surface area contributed by atoms with Crippen LogP contribution in [0.3, 0.4) is 0 Å². The van der Waals surface area contributed by atoms with Crippen molar-refractivity contribution in [1.82, 2.24) is 5.32 Å². The molecule has 16 heavy (non-hydrogen) atoms. The first kappa shape index (κ1) is 12.4. The summed E-state index contributed by atoms with van der Waals surface area (Å²) in [5, 5.41) is 3.38. The van der Waals surface area contributed by atoms with Crippen molar-refractivity contribution in [3.8, 4) is 0 Å². The van der Waals surface area contributed by atoms with Crippen LogP contribution in [0.2, 0.25) is 0 Å². The van der Waals surface area contributed by atoms with Gasteiger partial charge in [-0.1, -0.05) is 19.8 Å². The van der Waals surface area contributed by atoms with Gasteiger partial charge in [-0.05, 0) is 58.0 Å². The van der Waals surface area contributed by atoms with Gasteiger partial charge in [0.25, 0.3) is 0 Å². The van der Waals surface area contributed by atoms with Crippen molar-refractivity contribution in [2.24, 2.45) is 0 Å². The fourth-order valence-corrected chi connectivity index (χ4v) is 3.28. The average Bonchev–Trinajstić information content (AvgIpc) is 2.90. The Kier molecular flexibility index (Phi) is 4.66. The van der Waals surface area contributed by atoms with Crippen LogP contribution in [0.1, 0.15) is 64.7 Å². The maximum atomic E-state index is 6.30. The third-order valence-corrected chi connectivity index (χ3v) is 4.23. The summed E-state index contributed by atoms with van der Waals surface area (Å²) in [5.41, 5.74) is 0.340. The maximum absolute atomic E-state index is 6.30. The summed E-state index contributed by atoms with van der Waals surface area (Å²) < 4.78 is 6.30. The van der Waals surface area contributed by atoms with Crippen molar-refractivity contribution in [3.05, 3.63) is 0 Å². The van der Waals surface area contributed by atoms with E-state index in [2.05, 4.69) is 12.2 Å². The number of ether oxygens (including phenoxy) is 1. The monoisotopic (exact) mass is 225 g/mol. The van der Waals surface area contributed by atoms with Gasteiger partial charge in [0.1, 0.15) is 0 Å². The Morgan fingerprint density at radius 3 is 2.75 bits per heavy atom. The zero-order valence-corrected chi connectivity index (χ0v) is 10.8. The predicted molar refractivity (Wildman–Crippen MR) is 67.7 cm³/mol. The highest BCUT2D eigenvalue weighted by atomic mass is 16.5. The fourth-order valence-electron chi connectivity index (χ4n) is 3.28. The summed E-state index contributed by atoms with van der Waals surface area (Å²) in [6, 6.07) is 0. The van der Waals surface area contributed by atoms with Crippen LogP contribution in [0, 0.1) is 0 Å². The molecule has 1 heterocycles. The zero-order valence-electron chi connectivity index (χ0n) is 10.8. The Morgan fingerprint density at radius 1 is 1.19 bits per heavy atom. The van der Waals surface area contributed by atoms with Gasteiger partial charge in [-0.2, -0.15) is 0 Å². The van der Waals surface area contributed by atoms with Crippen molar-refractivity contribution in [3.63, 3.8) is 0 Å². The Bertz CT molecular complexity index is 199. The molecule has 1 aliphatic carbocycles. The molecule has 1 saturated carbocycles. The van der Waals surface area contributed by atoms with E-state index in [1.165, 1.54) is 64.3 Å². The molecule has 1 saturated heterocycles. The number of unbranched alkanes of at least 4 members (excludes halogenated alkanes) is 1. The third kappa shape index (κ3) is 3.21. The van der Waals surface area contributed by atoms with E-state index in [-0.39, 0.29) is 0 Å². The molecule has 2 aliphatic rings. The van der Waals surface area contributed by atoms with E-state index in [1.807, 2.05) is 0 Å². The summed E-state index contributed by atoms with van der Waals surface area (Å²) in [6.07, 6.45) is 12.6. The molecule has 0 aromatic heterocycles. The zero-order chi connectivity index (χ0) is 11.3. The summed E-state index contributed by atoms with van der Waals surface area (Å²) in [5.74, 6) is 0. The summed E-state index contributed by atoms with van der Waals surface area (Å²) in [4.78, 5) is 0. The first-order chi connectivity index (χ1) is 7.85. The molecule has 1 aliphatic heterocycles. The maximum Gasteiger partial charge on any atom is 0.0687 e. The molecular formula is C14H27NO. The number of rotatable bonds is 6. The second-order valence-corrected chi connectivity index (χ2v) is 5.52. The quantitative estimate of drug-likeness (QED) is 0.701. The highest BCUT2D eigenvalue weighted by molar-refractivity contribution is 4.92. The largest absolute Gasteiger partial charge is 0.372 e. The van der Waals surface area contributed by atoms with Crippen molar-refractivity contribution < 1.29 is 4.74 Å². The molecule has 2 heteroatoms. The lowest BCUT2D eigenvalue weighted by Crippen LogP contribution is -2.24. The molecule has 0 radical (unpaired) electrons. The lowest BCUT2D eigenvalue weighted by atomic mass is 9.98. The average molecular weight is 225 g/mol. The summed E-state index contributed by atoms with van der Waals surface area (Å²) in [6.45, 7) is 4.45.